The summed E-state index contributed by atoms with van der Waals surface area (Å²) in [4.78, 5) is 1.99. The van der Waals surface area contributed by atoms with Gasteiger partial charge in [-0.15, -0.1) is 0 Å². The predicted octanol–water partition coefficient (Wildman–Crippen LogP) is 1.54. The minimum Gasteiger partial charge on any atom is -0.344 e. The number of nitrogens with zero attached hydrogens (tertiary/aromatic N) is 1. The van der Waals surface area contributed by atoms with Crippen LogP contribution in [0.25, 0.3) is 0 Å². The Kier molecular flexibility index (Phi) is 6.78. The number of nitrogens with one attached hydrogen (secondary N) is 1. The van der Waals surface area contributed by atoms with E-state index in [0.29, 0.717) is 32.2 Å². The lowest BCUT2D eigenvalue weighted by Crippen LogP contribution is -2.52. The Balaban J connectivity index is 2.29. The van der Waals surface area contributed by atoms with Crippen LogP contribution in [0.5, 0.6) is 0 Å². The molecule has 0 spiro atoms. The number of alkyl halides is 2. The molecule has 102 valence electrons. The first-order chi connectivity index (χ1) is 7.97. The molecule has 4 atom stereocenters. The average Bonchev–Trinajstić information content (AvgIpc) is 2.14. The molecule has 0 amide bonds. The summed E-state index contributed by atoms with van der Waals surface area (Å²) in [6.07, 6.45) is -1.58. The van der Waals surface area contributed by atoms with E-state index >= 15 is 0 Å². The minimum atomic E-state index is -1.33. The first kappa shape index (κ1) is 15.2. The van der Waals surface area contributed by atoms with Crippen molar-refractivity contribution in [3.05, 3.63) is 0 Å². The van der Waals surface area contributed by atoms with Gasteiger partial charge in [-0.1, -0.05) is 23.1 Å². The Morgan fingerprint density at radius 1 is 1.47 bits per heavy atom. The number of rotatable bonds is 6. The van der Waals surface area contributed by atoms with Crippen LogP contribution in [0.2, 0.25) is 0 Å². The van der Waals surface area contributed by atoms with Crippen LogP contribution < -0.4 is 5.32 Å². The van der Waals surface area contributed by atoms with Gasteiger partial charge in [0.05, 0.1) is 6.61 Å². The Bertz CT molecular complexity index is 218. The van der Waals surface area contributed by atoms with E-state index in [1.165, 1.54) is 0 Å². The van der Waals surface area contributed by atoms with Gasteiger partial charge in [-0.25, -0.2) is 8.78 Å². The molecule has 0 bridgehead atoms. The van der Waals surface area contributed by atoms with Crippen molar-refractivity contribution in [1.82, 2.24) is 10.2 Å². The van der Waals surface area contributed by atoms with Gasteiger partial charge in [0.2, 0.25) is 6.10 Å². The van der Waals surface area contributed by atoms with Crippen molar-refractivity contribution in [2.45, 2.75) is 44.6 Å². The van der Waals surface area contributed by atoms with Gasteiger partial charge in [-0.2, -0.15) is 0 Å². The van der Waals surface area contributed by atoms with Gasteiger partial charge in [0.15, 0.2) is 0 Å². The summed E-state index contributed by atoms with van der Waals surface area (Å²) in [6.45, 7) is 6.20. The smallest absolute Gasteiger partial charge is 0.211 e. The third kappa shape index (κ3) is 6.61. The van der Waals surface area contributed by atoms with Gasteiger partial charge < -0.3 is 10.1 Å². The third-order valence-electron chi connectivity index (χ3n) is 2.73. The van der Waals surface area contributed by atoms with E-state index < -0.39 is 12.3 Å². The van der Waals surface area contributed by atoms with Crippen molar-refractivity contribution in [3.8, 4) is 0 Å². The normalized spacial score (nSPS) is 28.6. The Morgan fingerprint density at radius 3 is 2.76 bits per heavy atom. The largest absolute Gasteiger partial charge is 0.344 e. The highest BCUT2D eigenvalue weighted by Crippen LogP contribution is 2.14. The molecular formula is C11H23F2N2OP. The fourth-order valence-electron chi connectivity index (χ4n) is 2.19. The SMILES string of the molecule is CC(C)NC1CC(F)CN(CCOC(F)P)C1. The Labute approximate surface area is 104 Å². The Morgan fingerprint density at radius 2 is 2.18 bits per heavy atom. The van der Waals surface area contributed by atoms with Crippen LogP contribution in [0.1, 0.15) is 20.3 Å². The van der Waals surface area contributed by atoms with Crippen molar-refractivity contribution < 1.29 is 13.5 Å². The molecule has 0 aromatic rings. The zero-order valence-electron chi connectivity index (χ0n) is 10.5. The first-order valence-corrected chi connectivity index (χ1v) is 6.77. The van der Waals surface area contributed by atoms with E-state index in [0.717, 1.165) is 6.54 Å². The zero-order valence-corrected chi connectivity index (χ0v) is 11.7. The number of halogens is 2. The van der Waals surface area contributed by atoms with Crippen molar-refractivity contribution in [3.63, 3.8) is 0 Å². The second-order valence-corrected chi connectivity index (χ2v) is 5.36. The van der Waals surface area contributed by atoms with Crippen LogP contribution in [-0.4, -0.2) is 55.5 Å². The molecular weight excluding hydrogens is 245 g/mol. The van der Waals surface area contributed by atoms with Crippen molar-refractivity contribution in [1.29, 1.82) is 0 Å². The number of hydrogen-bond acceptors (Lipinski definition) is 3. The van der Waals surface area contributed by atoms with Gasteiger partial charge in [0.1, 0.15) is 6.17 Å². The first-order valence-electron chi connectivity index (χ1n) is 6.11. The molecule has 4 unspecified atom stereocenters. The Hall–Kier alpha value is 0.170. The molecule has 6 heteroatoms. The van der Waals surface area contributed by atoms with E-state index in [9.17, 15) is 8.78 Å². The molecule has 1 N–H and O–H groups in total. The summed E-state index contributed by atoms with van der Waals surface area (Å²) >= 11 is 0. The van der Waals surface area contributed by atoms with Crippen LogP contribution in [0, 0.1) is 0 Å². The van der Waals surface area contributed by atoms with E-state index in [1.54, 1.807) is 0 Å². The number of hydrogen-bond donors (Lipinski definition) is 1. The van der Waals surface area contributed by atoms with Crippen LogP contribution in [0.15, 0.2) is 0 Å². The second kappa shape index (κ2) is 7.57. The highest BCUT2D eigenvalue weighted by atomic mass is 31.0. The molecule has 0 aliphatic carbocycles. The molecule has 1 rings (SSSR count). The van der Waals surface area contributed by atoms with E-state index in [4.69, 9.17) is 4.74 Å². The lowest BCUT2D eigenvalue weighted by atomic mass is 10.0. The van der Waals surface area contributed by atoms with Crippen LogP contribution in [0.3, 0.4) is 0 Å². The molecule has 1 fully saturated rings. The molecule has 0 saturated carbocycles. The predicted molar refractivity (Wildman–Crippen MR) is 68.6 cm³/mol. The highest BCUT2D eigenvalue weighted by molar-refractivity contribution is 7.16. The zero-order chi connectivity index (χ0) is 12.8. The van der Waals surface area contributed by atoms with Crippen molar-refractivity contribution in [2.75, 3.05) is 26.2 Å². The van der Waals surface area contributed by atoms with Gasteiger partial charge in [-0.3, -0.25) is 4.90 Å². The van der Waals surface area contributed by atoms with Gasteiger partial charge in [0.25, 0.3) is 0 Å². The van der Waals surface area contributed by atoms with Gasteiger partial charge >= 0.3 is 0 Å². The fraction of sp³-hybridized carbons (Fsp3) is 1.00. The molecule has 17 heavy (non-hydrogen) atoms. The molecule has 1 saturated heterocycles. The summed E-state index contributed by atoms with van der Waals surface area (Å²) in [5, 5.41) is 3.34. The van der Waals surface area contributed by atoms with E-state index in [1.807, 2.05) is 14.1 Å². The van der Waals surface area contributed by atoms with Gasteiger partial charge in [0, 0.05) is 31.7 Å². The molecule has 1 aliphatic rings. The van der Waals surface area contributed by atoms with Gasteiger partial charge in [-0.05, 0) is 6.42 Å². The molecule has 1 heterocycles. The third-order valence-corrected chi connectivity index (χ3v) is 2.92. The second-order valence-electron chi connectivity index (χ2n) is 4.83. The van der Waals surface area contributed by atoms with E-state index in [-0.39, 0.29) is 6.04 Å². The topological polar surface area (TPSA) is 24.5 Å². The summed E-state index contributed by atoms with van der Waals surface area (Å²) in [5.41, 5.74) is 0. The monoisotopic (exact) mass is 268 g/mol. The van der Waals surface area contributed by atoms with Crippen LogP contribution in [0.4, 0.5) is 8.78 Å². The maximum atomic E-state index is 13.5. The maximum Gasteiger partial charge on any atom is 0.211 e. The van der Waals surface area contributed by atoms with Crippen LogP contribution >= 0.6 is 9.24 Å². The standard InChI is InChI=1S/C11H23F2N2OP/c1-8(2)14-10-5-9(12)6-15(7-10)3-4-16-11(13)17/h8-11,14H,3-7,17H2,1-2H3. The lowest BCUT2D eigenvalue weighted by molar-refractivity contribution is 0.00503. The quantitative estimate of drug-likeness (QED) is 0.740. The maximum absolute atomic E-state index is 13.5. The summed E-state index contributed by atoms with van der Waals surface area (Å²) in [5.74, 6) is 0. The van der Waals surface area contributed by atoms with Crippen LogP contribution in [-0.2, 0) is 4.74 Å². The number of likely N-dealkylation sites (tertiary alicyclic amines) is 1. The highest BCUT2D eigenvalue weighted by Gasteiger charge is 2.27. The molecule has 3 nitrogen and oxygen atoms in total. The minimum absolute atomic E-state index is 0.177. The lowest BCUT2D eigenvalue weighted by Gasteiger charge is -2.36. The molecule has 0 radical (unpaired) electrons. The molecule has 1 aliphatic heterocycles. The van der Waals surface area contributed by atoms with Crippen molar-refractivity contribution >= 4 is 9.24 Å². The summed E-state index contributed by atoms with van der Waals surface area (Å²) < 4.78 is 30.7. The number of piperidine rings is 1. The fourth-order valence-corrected chi connectivity index (χ4v) is 2.33. The molecule has 0 aromatic heterocycles. The molecule has 0 aromatic carbocycles. The van der Waals surface area contributed by atoms with E-state index in [2.05, 4.69) is 19.2 Å². The van der Waals surface area contributed by atoms with Crippen molar-refractivity contribution in [2.24, 2.45) is 0 Å². The average molecular weight is 268 g/mol. The summed E-state index contributed by atoms with van der Waals surface area (Å²) in [6, 6.07) is 0.529. The summed E-state index contributed by atoms with van der Waals surface area (Å²) in [7, 11) is 1.94. The number of ether oxygens (including phenoxy) is 1.